The summed E-state index contributed by atoms with van der Waals surface area (Å²) >= 11 is 1.54. The Morgan fingerprint density at radius 1 is 1.59 bits per heavy atom. The predicted octanol–water partition coefficient (Wildman–Crippen LogP) is 0.00890. The van der Waals surface area contributed by atoms with Gasteiger partial charge in [-0.3, -0.25) is 9.59 Å². The monoisotopic (exact) mass is 259 g/mol. The SMILES string of the molecule is CC(C)CC(CN)NC(=O)CN1CSCC1=O. The Morgan fingerprint density at radius 2 is 2.29 bits per heavy atom. The summed E-state index contributed by atoms with van der Waals surface area (Å²) in [5.74, 6) is 1.52. The Kier molecular flexibility index (Phi) is 5.77. The molecule has 6 heteroatoms. The van der Waals surface area contributed by atoms with Crippen LogP contribution in [0, 0.1) is 5.92 Å². The molecule has 1 rings (SSSR count). The predicted molar refractivity (Wildman–Crippen MR) is 69.5 cm³/mol. The van der Waals surface area contributed by atoms with Gasteiger partial charge in [0.2, 0.25) is 11.8 Å². The molecule has 0 aromatic carbocycles. The maximum absolute atomic E-state index is 11.7. The highest BCUT2D eigenvalue weighted by Gasteiger charge is 2.23. The van der Waals surface area contributed by atoms with E-state index in [1.54, 1.807) is 4.90 Å². The lowest BCUT2D eigenvalue weighted by Gasteiger charge is -2.21. The zero-order chi connectivity index (χ0) is 12.8. The molecule has 0 spiro atoms. The average Bonchev–Trinajstić information content (AvgIpc) is 2.62. The van der Waals surface area contributed by atoms with Crippen molar-refractivity contribution in [2.45, 2.75) is 26.3 Å². The lowest BCUT2D eigenvalue weighted by Crippen LogP contribution is -2.46. The molecular weight excluding hydrogens is 238 g/mol. The van der Waals surface area contributed by atoms with Crippen LogP contribution in [0.3, 0.4) is 0 Å². The molecule has 1 unspecified atom stereocenters. The minimum atomic E-state index is -0.114. The number of thioether (sulfide) groups is 1. The smallest absolute Gasteiger partial charge is 0.239 e. The Labute approximate surface area is 106 Å². The fraction of sp³-hybridized carbons (Fsp3) is 0.818. The lowest BCUT2D eigenvalue weighted by atomic mass is 10.0. The van der Waals surface area contributed by atoms with Crippen LogP contribution in [-0.2, 0) is 9.59 Å². The third kappa shape index (κ3) is 4.95. The van der Waals surface area contributed by atoms with E-state index < -0.39 is 0 Å². The molecule has 0 aromatic heterocycles. The Balaban J connectivity index is 2.34. The van der Waals surface area contributed by atoms with Crippen molar-refractivity contribution in [1.29, 1.82) is 0 Å². The summed E-state index contributed by atoms with van der Waals surface area (Å²) in [5.41, 5.74) is 5.61. The molecular formula is C11H21N3O2S. The first-order valence-electron chi connectivity index (χ1n) is 5.88. The van der Waals surface area contributed by atoms with E-state index in [0.717, 1.165) is 6.42 Å². The third-order valence-electron chi connectivity index (χ3n) is 2.57. The third-order valence-corrected chi connectivity index (χ3v) is 3.51. The van der Waals surface area contributed by atoms with Gasteiger partial charge in [0.05, 0.1) is 11.6 Å². The van der Waals surface area contributed by atoms with Gasteiger partial charge in [-0.2, -0.15) is 0 Å². The van der Waals surface area contributed by atoms with Crippen molar-refractivity contribution in [3.05, 3.63) is 0 Å². The van der Waals surface area contributed by atoms with Crippen molar-refractivity contribution < 1.29 is 9.59 Å². The van der Waals surface area contributed by atoms with E-state index in [1.807, 2.05) is 0 Å². The molecule has 0 aromatic rings. The molecule has 98 valence electrons. The zero-order valence-corrected chi connectivity index (χ0v) is 11.3. The zero-order valence-electron chi connectivity index (χ0n) is 10.4. The van der Waals surface area contributed by atoms with Crippen LogP contribution >= 0.6 is 11.8 Å². The Bertz CT molecular complexity index is 284. The van der Waals surface area contributed by atoms with Crippen molar-refractivity contribution >= 4 is 23.6 Å². The standard InChI is InChI=1S/C11H21N3O2S/c1-8(2)3-9(4-12)13-10(15)5-14-7-17-6-11(14)16/h8-9H,3-7,12H2,1-2H3,(H,13,15). The fourth-order valence-corrected chi connectivity index (χ4v) is 2.67. The summed E-state index contributed by atoms with van der Waals surface area (Å²) < 4.78 is 0. The van der Waals surface area contributed by atoms with Gasteiger partial charge in [0.15, 0.2) is 0 Å². The lowest BCUT2D eigenvalue weighted by molar-refractivity contribution is -0.132. The summed E-state index contributed by atoms with van der Waals surface area (Å²) in [7, 11) is 0. The summed E-state index contributed by atoms with van der Waals surface area (Å²) in [6.07, 6.45) is 0.866. The number of nitrogens with zero attached hydrogens (tertiary/aromatic N) is 1. The van der Waals surface area contributed by atoms with Gasteiger partial charge in [-0.1, -0.05) is 13.8 Å². The largest absolute Gasteiger partial charge is 0.351 e. The second-order valence-electron chi connectivity index (χ2n) is 4.70. The van der Waals surface area contributed by atoms with Gasteiger partial charge in [0.25, 0.3) is 0 Å². The maximum atomic E-state index is 11.7. The Morgan fingerprint density at radius 3 is 2.76 bits per heavy atom. The van der Waals surface area contributed by atoms with Gasteiger partial charge in [-0.05, 0) is 12.3 Å². The molecule has 1 aliphatic heterocycles. The van der Waals surface area contributed by atoms with E-state index >= 15 is 0 Å². The van der Waals surface area contributed by atoms with Gasteiger partial charge in [-0.15, -0.1) is 11.8 Å². The topological polar surface area (TPSA) is 75.4 Å². The Hall–Kier alpha value is -0.750. The first-order chi connectivity index (χ1) is 8.02. The second-order valence-corrected chi connectivity index (χ2v) is 5.65. The molecule has 1 aliphatic rings. The van der Waals surface area contributed by atoms with Crippen LogP contribution in [0.1, 0.15) is 20.3 Å². The quantitative estimate of drug-likeness (QED) is 0.704. The minimum absolute atomic E-state index is 0.00728. The molecule has 0 radical (unpaired) electrons. The van der Waals surface area contributed by atoms with Crippen LogP contribution in [-0.4, -0.2) is 47.5 Å². The number of nitrogens with one attached hydrogen (secondary N) is 1. The number of carbonyl (C=O) groups excluding carboxylic acids is 2. The van der Waals surface area contributed by atoms with Gasteiger partial charge in [0, 0.05) is 12.6 Å². The number of rotatable bonds is 6. The summed E-state index contributed by atoms with van der Waals surface area (Å²) in [4.78, 5) is 24.6. The van der Waals surface area contributed by atoms with Crippen molar-refractivity contribution in [1.82, 2.24) is 10.2 Å². The fourth-order valence-electron chi connectivity index (χ4n) is 1.77. The minimum Gasteiger partial charge on any atom is -0.351 e. The molecule has 1 heterocycles. The van der Waals surface area contributed by atoms with E-state index in [1.165, 1.54) is 11.8 Å². The molecule has 1 saturated heterocycles. The first-order valence-corrected chi connectivity index (χ1v) is 7.03. The van der Waals surface area contributed by atoms with Crippen molar-refractivity contribution in [2.75, 3.05) is 24.7 Å². The maximum Gasteiger partial charge on any atom is 0.239 e. The highest BCUT2D eigenvalue weighted by atomic mass is 32.2. The molecule has 2 amide bonds. The van der Waals surface area contributed by atoms with Crippen molar-refractivity contribution in [3.8, 4) is 0 Å². The molecule has 1 fully saturated rings. The molecule has 1 atom stereocenters. The van der Waals surface area contributed by atoms with E-state index in [4.69, 9.17) is 5.73 Å². The van der Waals surface area contributed by atoms with Crippen LogP contribution < -0.4 is 11.1 Å². The molecule has 0 aliphatic carbocycles. The molecule has 0 saturated carbocycles. The van der Waals surface area contributed by atoms with E-state index in [2.05, 4.69) is 19.2 Å². The number of nitrogens with two attached hydrogens (primary N) is 1. The van der Waals surface area contributed by atoms with E-state index in [0.29, 0.717) is 24.1 Å². The number of carbonyl (C=O) groups is 2. The number of hydrogen-bond acceptors (Lipinski definition) is 4. The van der Waals surface area contributed by atoms with Gasteiger partial charge < -0.3 is 16.0 Å². The van der Waals surface area contributed by atoms with Crippen molar-refractivity contribution in [3.63, 3.8) is 0 Å². The molecule has 17 heavy (non-hydrogen) atoms. The highest BCUT2D eigenvalue weighted by molar-refractivity contribution is 8.00. The summed E-state index contributed by atoms with van der Waals surface area (Å²) in [6.45, 7) is 4.78. The normalized spacial score (nSPS) is 17.6. The summed E-state index contributed by atoms with van der Waals surface area (Å²) in [6, 6.07) is 0.00728. The van der Waals surface area contributed by atoms with Gasteiger partial charge >= 0.3 is 0 Å². The van der Waals surface area contributed by atoms with Crippen LogP contribution in [0.5, 0.6) is 0 Å². The van der Waals surface area contributed by atoms with Crippen LogP contribution in [0.4, 0.5) is 0 Å². The summed E-state index contributed by atoms with van der Waals surface area (Å²) in [5, 5.41) is 2.88. The van der Waals surface area contributed by atoms with E-state index in [-0.39, 0.29) is 24.4 Å². The average molecular weight is 259 g/mol. The van der Waals surface area contributed by atoms with Crippen molar-refractivity contribution in [2.24, 2.45) is 11.7 Å². The van der Waals surface area contributed by atoms with Crippen LogP contribution in [0.25, 0.3) is 0 Å². The molecule has 0 bridgehead atoms. The van der Waals surface area contributed by atoms with E-state index in [9.17, 15) is 9.59 Å². The molecule has 5 nitrogen and oxygen atoms in total. The molecule has 3 N–H and O–H groups in total. The van der Waals surface area contributed by atoms with Gasteiger partial charge in [0.1, 0.15) is 6.54 Å². The number of amides is 2. The first kappa shape index (κ1) is 14.3. The van der Waals surface area contributed by atoms with Crippen LogP contribution in [0.2, 0.25) is 0 Å². The van der Waals surface area contributed by atoms with Gasteiger partial charge in [-0.25, -0.2) is 0 Å². The second kappa shape index (κ2) is 6.86. The highest BCUT2D eigenvalue weighted by Crippen LogP contribution is 2.14. The number of hydrogen-bond donors (Lipinski definition) is 2. The van der Waals surface area contributed by atoms with Crippen LogP contribution in [0.15, 0.2) is 0 Å².